The van der Waals surface area contributed by atoms with E-state index in [0.29, 0.717) is 33.5 Å². The van der Waals surface area contributed by atoms with Crippen molar-refractivity contribution in [2.24, 2.45) is 5.84 Å². The Morgan fingerprint density at radius 2 is 1.77 bits per heavy atom. The number of halogens is 2. The summed E-state index contributed by atoms with van der Waals surface area (Å²) in [6, 6.07) is 11.3. The highest BCUT2D eigenvalue weighted by molar-refractivity contribution is 9.10. The first-order valence-electron chi connectivity index (χ1n) is 14.1. The van der Waals surface area contributed by atoms with Gasteiger partial charge in [0.1, 0.15) is 10.9 Å². The Labute approximate surface area is 264 Å². The Kier molecular flexibility index (Phi) is 7.29. The molecular formula is C32H34BrClN4O4Si. The van der Waals surface area contributed by atoms with Crippen LogP contribution in [-0.4, -0.2) is 47.9 Å². The standard InChI is InChI=1S/C32H34BrClN4O4Si/c1-32(2,3)43(5,6)42-20-9-8-18(14-20)37-25-12-7-17(33)13-22(25)26(29(37)34)28-27(30(39)38(35)31(28)40)23-16-36-24-11-10-19(41-4)15-21(23)24/h7-13,15-16,18,20,36H,14,35H2,1-6H3/t18-,20+/m0/s1. The molecule has 0 fully saturated rings. The van der Waals surface area contributed by atoms with Crippen molar-refractivity contribution in [3.63, 3.8) is 0 Å². The van der Waals surface area contributed by atoms with Crippen molar-refractivity contribution in [2.75, 3.05) is 7.11 Å². The van der Waals surface area contributed by atoms with Gasteiger partial charge >= 0.3 is 0 Å². The second-order valence-corrected chi connectivity index (χ2v) is 18.7. The van der Waals surface area contributed by atoms with E-state index in [2.05, 4.69) is 66.9 Å². The number of nitrogens with two attached hydrogens (primary N) is 1. The highest BCUT2D eigenvalue weighted by atomic mass is 79.9. The molecule has 1 aliphatic heterocycles. The summed E-state index contributed by atoms with van der Waals surface area (Å²) in [5, 5.41) is 2.57. The fourth-order valence-corrected chi connectivity index (χ4v) is 7.82. The van der Waals surface area contributed by atoms with E-state index >= 15 is 0 Å². The van der Waals surface area contributed by atoms with E-state index in [-0.39, 0.29) is 28.3 Å². The van der Waals surface area contributed by atoms with Gasteiger partial charge in [0.15, 0.2) is 8.32 Å². The van der Waals surface area contributed by atoms with Crippen LogP contribution in [0.3, 0.4) is 0 Å². The molecule has 0 bridgehead atoms. The van der Waals surface area contributed by atoms with Gasteiger partial charge in [-0.15, -0.1) is 0 Å². The Hall–Kier alpha value is -3.15. The highest BCUT2D eigenvalue weighted by Gasteiger charge is 2.43. The number of hydrogen-bond donors (Lipinski definition) is 2. The van der Waals surface area contributed by atoms with Gasteiger partial charge in [0.05, 0.1) is 35.9 Å². The number of hydrogen-bond acceptors (Lipinski definition) is 5. The lowest BCUT2D eigenvalue weighted by molar-refractivity contribution is -0.136. The molecule has 2 aromatic heterocycles. The minimum atomic E-state index is -2.01. The first kappa shape index (κ1) is 29.9. The maximum Gasteiger partial charge on any atom is 0.276 e. The van der Waals surface area contributed by atoms with E-state index in [1.54, 1.807) is 13.3 Å². The SMILES string of the molecule is COc1ccc2[nH]cc(C3=C(c4c(Cl)n([C@H]5C=C[C@@H](O[Si](C)(C)C(C)(C)C)C5)c5ccc(Br)cc45)C(=O)N(N)C3=O)c2c1. The molecule has 0 saturated carbocycles. The fraction of sp³-hybridized carbons (Fsp3) is 0.312. The van der Waals surface area contributed by atoms with Crippen LogP contribution in [0.1, 0.15) is 44.4 Å². The number of hydrazine groups is 1. The maximum atomic E-state index is 13.8. The summed E-state index contributed by atoms with van der Waals surface area (Å²) in [5.74, 6) is 5.50. The lowest BCUT2D eigenvalue weighted by Gasteiger charge is -2.38. The van der Waals surface area contributed by atoms with Crippen molar-refractivity contribution in [1.82, 2.24) is 14.6 Å². The number of benzene rings is 2. The number of H-pyrrole nitrogens is 1. The van der Waals surface area contributed by atoms with Crippen LogP contribution in [0.15, 0.2) is 59.2 Å². The molecule has 224 valence electrons. The zero-order valence-electron chi connectivity index (χ0n) is 24.9. The molecule has 2 aromatic carbocycles. The van der Waals surface area contributed by atoms with Gasteiger partial charge in [0.25, 0.3) is 11.8 Å². The number of rotatable bonds is 6. The highest BCUT2D eigenvalue weighted by Crippen LogP contribution is 2.47. The Morgan fingerprint density at radius 1 is 1.05 bits per heavy atom. The minimum Gasteiger partial charge on any atom is -0.497 e. The zero-order chi connectivity index (χ0) is 31.0. The number of nitrogens with zero attached hydrogens (tertiary/aromatic N) is 2. The fourth-order valence-electron chi connectivity index (χ4n) is 5.76. The van der Waals surface area contributed by atoms with E-state index in [1.807, 2.05) is 41.0 Å². The number of amides is 2. The van der Waals surface area contributed by atoms with Crippen LogP contribution in [0.25, 0.3) is 33.0 Å². The summed E-state index contributed by atoms with van der Waals surface area (Å²) in [4.78, 5) is 30.6. The number of aromatic nitrogens is 2. The smallest absolute Gasteiger partial charge is 0.276 e. The maximum absolute atomic E-state index is 13.8. The number of aromatic amines is 1. The molecule has 3 N–H and O–H groups in total. The van der Waals surface area contributed by atoms with E-state index in [0.717, 1.165) is 26.3 Å². The van der Waals surface area contributed by atoms with Crippen LogP contribution in [0, 0.1) is 0 Å². The number of carbonyl (C=O) groups is 2. The van der Waals surface area contributed by atoms with Gasteiger partial charge in [-0.1, -0.05) is 60.5 Å². The second kappa shape index (κ2) is 10.5. The van der Waals surface area contributed by atoms with Crippen LogP contribution in [0.2, 0.25) is 23.3 Å². The molecule has 3 heterocycles. The first-order chi connectivity index (χ1) is 20.2. The van der Waals surface area contributed by atoms with Crippen LogP contribution >= 0.6 is 27.5 Å². The number of imide groups is 1. The van der Waals surface area contributed by atoms with Crippen molar-refractivity contribution in [1.29, 1.82) is 0 Å². The molecule has 8 nitrogen and oxygen atoms in total. The Balaban J connectivity index is 1.53. The van der Waals surface area contributed by atoms with Crippen LogP contribution in [-0.2, 0) is 14.0 Å². The lowest BCUT2D eigenvalue weighted by Crippen LogP contribution is -2.43. The molecule has 0 radical (unpaired) electrons. The summed E-state index contributed by atoms with van der Waals surface area (Å²) in [6.45, 7) is 11.2. The predicted octanol–water partition coefficient (Wildman–Crippen LogP) is 7.59. The van der Waals surface area contributed by atoms with Crippen molar-refractivity contribution < 1.29 is 18.8 Å². The molecule has 2 aliphatic rings. The third-order valence-electron chi connectivity index (χ3n) is 9.03. The number of nitrogens with one attached hydrogen (secondary N) is 1. The van der Waals surface area contributed by atoms with E-state index < -0.39 is 20.1 Å². The largest absolute Gasteiger partial charge is 0.497 e. The average molecular weight is 682 g/mol. The zero-order valence-corrected chi connectivity index (χ0v) is 28.3. The summed E-state index contributed by atoms with van der Waals surface area (Å²) < 4.78 is 15.0. The van der Waals surface area contributed by atoms with Gasteiger partial charge in [-0.25, -0.2) is 10.9 Å². The quantitative estimate of drug-likeness (QED) is 0.0718. The Morgan fingerprint density at radius 3 is 2.47 bits per heavy atom. The average Bonchev–Trinajstić information content (AvgIpc) is 3.68. The van der Waals surface area contributed by atoms with Gasteiger partial charge in [0.2, 0.25) is 0 Å². The third kappa shape index (κ3) is 4.80. The second-order valence-electron chi connectivity index (χ2n) is 12.6. The molecule has 43 heavy (non-hydrogen) atoms. The number of allylic oxidation sites excluding steroid dienone is 1. The number of carbonyl (C=O) groups excluding carboxylic acids is 2. The van der Waals surface area contributed by atoms with Crippen molar-refractivity contribution in [3.05, 3.63) is 75.5 Å². The number of ether oxygens (including phenoxy) is 1. The van der Waals surface area contributed by atoms with E-state index in [1.165, 1.54) is 0 Å². The number of fused-ring (bicyclic) bond motifs is 2. The van der Waals surface area contributed by atoms with E-state index in [4.69, 9.17) is 26.6 Å². The van der Waals surface area contributed by atoms with E-state index in [9.17, 15) is 9.59 Å². The summed E-state index contributed by atoms with van der Waals surface area (Å²) in [7, 11) is -0.426. The molecule has 0 spiro atoms. The molecule has 11 heteroatoms. The molecule has 1 aliphatic carbocycles. The molecule has 2 atom stereocenters. The Bertz CT molecular complexity index is 1880. The molecule has 0 unspecified atom stereocenters. The minimum absolute atomic E-state index is 0.0523. The van der Waals surface area contributed by atoms with Gasteiger partial charge in [-0.2, -0.15) is 0 Å². The summed E-state index contributed by atoms with van der Waals surface area (Å²) >= 11 is 10.9. The van der Waals surface area contributed by atoms with Gasteiger partial charge in [0, 0.05) is 44.5 Å². The normalized spacial score (nSPS) is 19.6. The predicted molar refractivity (Wildman–Crippen MR) is 177 cm³/mol. The molecular weight excluding hydrogens is 648 g/mol. The molecule has 6 rings (SSSR count). The van der Waals surface area contributed by atoms with Gasteiger partial charge < -0.3 is 18.7 Å². The molecule has 4 aromatic rings. The molecule has 0 saturated heterocycles. The van der Waals surface area contributed by atoms with Crippen LogP contribution in [0.5, 0.6) is 5.75 Å². The van der Waals surface area contributed by atoms with Gasteiger partial charge in [-0.05, 0) is 54.5 Å². The van der Waals surface area contributed by atoms with Crippen molar-refractivity contribution in [3.8, 4) is 5.75 Å². The van der Waals surface area contributed by atoms with Gasteiger partial charge in [-0.3, -0.25) is 9.59 Å². The third-order valence-corrected chi connectivity index (χ3v) is 14.4. The van der Waals surface area contributed by atoms with Crippen LogP contribution in [0.4, 0.5) is 0 Å². The van der Waals surface area contributed by atoms with Crippen molar-refractivity contribution >= 4 is 80.6 Å². The lowest BCUT2D eigenvalue weighted by atomic mass is 9.95. The summed E-state index contributed by atoms with van der Waals surface area (Å²) in [5.41, 5.74) is 3.00. The number of methoxy groups -OCH3 is 1. The molecule has 2 amide bonds. The van der Waals surface area contributed by atoms with Crippen molar-refractivity contribution in [2.45, 2.75) is 57.5 Å². The van der Waals surface area contributed by atoms with Crippen LogP contribution < -0.4 is 10.6 Å². The topological polar surface area (TPSA) is 103 Å². The monoisotopic (exact) mass is 680 g/mol. The summed E-state index contributed by atoms with van der Waals surface area (Å²) in [6.07, 6.45) is 6.60. The first-order valence-corrected chi connectivity index (χ1v) is 18.2.